The Balaban J connectivity index is 1.76. The lowest BCUT2D eigenvalue weighted by atomic mass is 10.2. The average Bonchev–Trinajstić information content (AvgIpc) is 3.04. The van der Waals surface area contributed by atoms with Gasteiger partial charge >= 0.3 is 0 Å². The van der Waals surface area contributed by atoms with E-state index >= 15 is 0 Å². The topological polar surface area (TPSA) is 48.3 Å². The van der Waals surface area contributed by atoms with Crippen molar-refractivity contribution in [2.75, 3.05) is 19.5 Å². The molecule has 0 aliphatic rings. The molecule has 2 rings (SSSR count). The van der Waals surface area contributed by atoms with Crippen LogP contribution in [0.5, 0.6) is 11.5 Å². The van der Waals surface area contributed by atoms with Crippen LogP contribution in [-0.4, -0.2) is 28.8 Å². The molecule has 2 aromatic rings. The lowest BCUT2D eigenvalue weighted by Crippen LogP contribution is -2.09. The smallest absolute Gasteiger partial charge is 0.162 e. The number of ether oxygens (including phenoxy) is 2. The van der Waals surface area contributed by atoms with E-state index in [0.29, 0.717) is 11.5 Å². The summed E-state index contributed by atoms with van der Waals surface area (Å²) in [4.78, 5) is 4.86. The van der Waals surface area contributed by atoms with E-state index in [1.165, 1.54) is 0 Å². The minimum atomic E-state index is 0.690. The molecule has 1 heterocycles. The number of thiocarbonyl (C=S) groups is 1. The molecule has 0 fully saturated rings. The molecule has 0 amide bonds. The predicted octanol–water partition coefficient (Wildman–Crippen LogP) is 3.51. The molecule has 6 heteroatoms. The van der Waals surface area contributed by atoms with Crippen LogP contribution in [0.15, 0.2) is 36.9 Å². The first kappa shape index (κ1) is 16.3. The molecule has 0 spiro atoms. The zero-order chi connectivity index (χ0) is 15.8. The van der Waals surface area contributed by atoms with Crippen molar-refractivity contribution in [3.05, 3.63) is 36.9 Å². The molecule has 0 bridgehead atoms. The Morgan fingerprint density at radius 3 is 2.73 bits per heavy atom. The van der Waals surface area contributed by atoms with E-state index < -0.39 is 0 Å². The van der Waals surface area contributed by atoms with Crippen LogP contribution in [0.4, 0.5) is 5.69 Å². The van der Waals surface area contributed by atoms with Crippen LogP contribution >= 0.6 is 12.2 Å². The van der Waals surface area contributed by atoms with Gasteiger partial charge in [0.15, 0.2) is 11.5 Å². The Hall–Kier alpha value is -2.08. The van der Waals surface area contributed by atoms with Gasteiger partial charge in [-0.25, -0.2) is 4.98 Å². The Morgan fingerprint density at radius 1 is 1.23 bits per heavy atom. The van der Waals surface area contributed by atoms with Gasteiger partial charge in [0.1, 0.15) is 0 Å². The number of imidazole rings is 1. The van der Waals surface area contributed by atoms with Crippen LogP contribution in [0.3, 0.4) is 0 Å². The minimum Gasteiger partial charge on any atom is -0.493 e. The van der Waals surface area contributed by atoms with E-state index in [4.69, 9.17) is 21.7 Å². The van der Waals surface area contributed by atoms with Crippen LogP contribution < -0.4 is 14.8 Å². The maximum atomic E-state index is 5.39. The summed E-state index contributed by atoms with van der Waals surface area (Å²) >= 11 is 5.39. The second-order valence-corrected chi connectivity index (χ2v) is 5.37. The number of aromatic nitrogens is 2. The summed E-state index contributed by atoms with van der Waals surface area (Å²) in [5, 5.41) is 3.24. The van der Waals surface area contributed by atoms with Crippen molar-refractivity contribution in [1.82, 2.24) is 9.55 Å². The third kappa shape index (κ3) is 4.73. The lowest BCUT2D eigenvalue weighted by molar-refractivity contribution is 0.355. The monoisotopic (exact) mass is 319 g/mol. The summed E-state index contributed by atoms with van der Waals surface area (Å²) in [7, 11) is 3.24. The van der Waals surface area contributed by atoms with Gasteiger partial charge in [-0.15, -0.1) is 0 Å². The van der Waals surface area contributed by atoms with Crippen LogP contribution in [0.1, 0.15) is 19.3 Å². The largest absolute Gasteiger partial charge is 0.493 e. The predicted molar refractivity (Wildman–Crippen MR) is 91.8 cm³/mol. The van der Waals surface area contributed by atoms with Crippen molar-refractivity contribution >= 4 is 22.9 Å². The highest BCUT2D eigenvalue weighted by Gasteiger charge is 2.05. The molecule has 22 heavy (non-hydrogen) atoms. The number of rotatable bonds is 8. The molecule has 0 radical (unpaired) electrons. The molecule has 0 aliphatic heterocycles. The Bertz CT molecular complexity index is 599. The first-order valence-electron chi connectivity index (χ1n) is 7.20. The Morgan fingerprint density at radius 2 is 2.05 bits per heavy atom. The second kappa shape index (κ2) is 8.38. The number of hydrogen-bond donors (Lipinski definition) is 1. The van der Waals surface area contributed by atoms with Crippen LogP contribution in [0, 0.1) is 0 Å². The van der Waals surface area contributed by atoms with E-state index in [0.717, 1.165) is 36.5 Å². The zero-order valence-electron chi connectivity index (χ0n) is 12.9. The molecule has 0 saturated carbocycles. The van der Waals surface area contributed by atoms with Gasteiger partial charge in [-0.2, -0.15) is 0 Å². The summed E-state index contributed by atoms with van der Waals surface area (Å²) in [6.07, 6.45) is 8.57. The normalized spacial score (nSPS) is 10.3. The van der Waals surface area contributed by atoms with Crippen LogP contribution in [0.2, 0.25) is 0 Å². The fourth-order valence-electron chi connectivity index (χ4n) is 2.14. The van der Waals surface area contributed by atoms with Gasteiger partial charge < -0.3 is 19.4 Å². The van der Waals surface area contributed by atoms with Crippen molar-refractivity contribution in [3.63, 3.8) is 0 Å². The number of anilines is 1. The molecule has 1 aromatic heterocycles. The SMILES string of the molecule is COc1ccc(NC(=S)CCCCn2ccnc2)cc1OC. The molecule has 1 N–H and O–H groups in total. The summed E-state index contributed by atoms with van der Waals surface area (Å²) in [6.45, 7) is 0.971. The quantitative estimate of drug-likeness (QED) is 0.596. The van der Waals surface area contributed by atoms with Gasteiger partial charge in [0, 0.05) is 30.7 Å². The fraction of sp³-hybridized carbons (Fsp3) is 0.375. The van der Waals surface area contributed by atoms with Gasteiger partial charge in [0.2, 0.25) is 0 Å². The van der Waals surface area contributed by atoms with Gasteiger partial charge in [0.25, 0.3) is 0 Å². The molecule has 1 aromatic carbocycles. The van der Waals surface area contributed by atoms with Crippen LogP contribution in [0.25, 0.3) is 0 Å². The van der Waals surface area contributed by atoms with Crippen molar-refractivity contribution in [1.29, 1.82) is 0 Å². The highest BCUT2D eigenvalue weighted by Crippen LogP contribution is 2.29. The fourth-order valence-corrected chi connectivity index (χ4v) is 2.40. The van der Waals surface area contributed by atoms with Gasteiger partial charge in [0.05, 0.1) is 25.5 Å². The number of benzene rings is 1. The minimum absolute atomic E-state index is 0.690. The number of methoxy groups -OCH3 is 2. The Kier molecular flexibility index (Phi) is 6.21. The molecular weight excluding hydrogens is 298 g/mol. The third-order valence-electron chi connectivity index (χ3n) is 3.30. The second-order valence-electron chi connectivity index (χ2n) is 4.88. The van der Waals surface area contributed by atoms with Crippen molar-refractivity contribution < 1.29 is 9.47 Å². The molecule has 0 saturated heterocycles. The van der Waals surface area contributed by atoms with E-state index in [-0.39, 0.29) is 0 Å². The number of hydrogen-bond acceptors (Lipinski definition) is 4. The zero-order valence-corrected chi connectivity index (χ0v) is 13.7. The summed E-state index contributed by atoms with van der Waals surface area (Å²) in [5.74, 6) is 1.40. The van der Waals surface area contributed by atoms with Crippen molar-refractivity contribution in [3.8, 4) is 11.5 Å². The lowest BCUT2D eigenvalue weighted by Gasteiger charge is -2.12. The molecule has 0 aliphatic carbocycles. The highest BCUT2D eigenvalue weighted by molar-refractivity contribution is 7.80. The Labute approximate surface area is 136 Å². The van der Waals surface area contributed by atoms with E-state index in [1.807, 2.05) is 30.7 Å². The van der Waals surface area contributed by atoms with Crippen LogP contribution in [-0.2, 0) is 6.54 Å². The average molecular weight is 319 g/mol. The van der Waals surface area contributed by atoms with Gasteiger partial charge in [-0.1, -0.05) is 12.2 Å². The number of nitrogens with one attached hydrogen (secondary N) is 1. The number of unbranched alkanes of at least 4 members (excludes halogenated alkanes) is 1. The summed E-state index contributed by atoms with van der Waals surface area (Å²) < 4.78 is 12.6. The third-order valence-corrected chi connectivity index (χ3v) is 3.60. The molecular formula is C16H21N3O2S. The summed E-state index contributed by atoms with van der Waals surface area (Å²) in [6, 6.07) is 5.68. The van der Waals surface area contributed by atoms with E-state index in [2.05, 4.69) is 14.9 Å². The summed E-state index contributed by atoms with van der Waals surface area (Å²) in [5.41, 5.74) is 0.914. The van der Waals surface area contributed by atoms with Crippen molar-refractivity contribution in [2.45, 2.75) is 25.8 Å². The molecule has 0 atom stereocenters. The van der Waals surface area contributed by atoms with Gasteiger partial charge in [-0.3, -0.25) is 0 Å². The molecule has 118 valence electrons. The maximum absolute atomic E-state index is 5.39. The van der Waals surface area contributed by atoms with E-state index in [9.17, 15) is 0 Å². The molecule has 5 nitrogen and oxygen atoms in total. The first-order valence-corrected chi connectivity index (χ1v) is 7.61. The molecule has 0 unspecified atom stereocenters. The highest BCUT2D eigenvalue weighted by atomic mass is 32.1. The standard InChI is InChI=1S/C16H21N3O2S/c1-20-14-7-6-13(11-15(14)21-2)18-16(22)5-3-4-9-19-10-8-17-12-19/h6-8,10-12H,3-5,9H2,1-2H3,(H,18,22). The van der Waals surface area contributed by atoms with Gasteiger partial charge in [-0.05, 0) is 31.4 Å². The van der Waals surface area contributed by atoms with Crippen molar-refractivity contribution in [2.24, 2.45) is 0 Å². The number of aryl methyl sites for hydroxylation is 1. The number of nitrogens with zero attached hydrogens (tertiary/aromatic N) is 2. The first-order chi connectivity index (χ1) is 10.7. The van der Waals surface area contributed by atoms with E-state index in [1.54, 1.807) is 20.4 Å². The maximum Gasteiger partial charge on any atom is 0.162 e.